The highest BCUT2D eigenvalue weighted by Crippen LogP contribution is 2.21. The Kier molecular flexibility index (Phi) is 3.54. The van der Waals surface area contributed by atoms with Crippen molar-refractivity contribution in [1.82, 2.24) is 9.97 Å². The largest absolute Gasteiger partial charge is 0.396 e. The molecular weight excluding hydrogens is 254 g/mol. The molecule has 1 atom stereocenters. The first kappa shape index (κ1) is 12.2. The van der Waals surface area contributed by atoms with Crippen molar-refractivity contribution in [1.29, 1.82) is 0 Å². The molecule has 2 aromatic rings. The van der Waals surface area contributed by atoms with Crippen molar-refractivity contribution in [3.63, 3.8) is 0 Å². The van der Waals surface area contributed by atoms with Gasteiger partial charge in [-0.2, -0.15) is 0 Å². The van der Waals surface area contributed by atoms with E-state index in [0.717, 1.165) is 15.6 Å². The molecule has 2 rings (SSSR count). The average Bonchev–Trinajstić information content (AvgIpc) is 2.58. The van der Waals surface area contributed by atoms with Crippen LogP contribution in [0.1, 0.15) is 15.6 Å². The monoisotopic (exact) mass is 267 g/mol. The summed E-state index contributed by atoms with van der Waals surface area (Å²) in [5.41, 5.74) is 7.20. The van der Waals surface area contributed by atoms with Gasteiger partial charge in [-0.25, -0.2) is 9.97 Å². The van der Waals surface area contributed by atoms with E-state index in [4.69, 9.17) is 5.73 Å². The molecule has 0 aliphatic rings. The van der Waals surface area contributed by atoms with Gasteiger partial charge >= 0.3 is 0 Å². The van der Waals surface area contributed by atoms with Crippen LogP contribution in [0.25, 0.3) is 0 Å². The van der Waals surface area contributed by atoms with Crippen molar-refractivity contribution in [2.24, 2.45) is 0 Å². The third-order valence-electron chi connectivity index (χ3n) is 2.34. The summed E-state index contributed by atoms with van der Waals surface area (Å²) in [7, 11) is -1.23. The first-order chi connectivity index (χ1) is 8.08. The molecule has 6 heteroatoms. The van der Waals surface area contributed by atoms with Crippen molar-refractivity contribution in [2.75, 3.05) is 5.73 Å². The minimum atomic E-state index is -1.23. The van der Waals surface area contributed by atoms with Gasteiger partial charge < -0.3 is 5.73 Å². The zero-order valence-electron chi connectivity index (χ0n) is 9.64. The van der Waals surface area contributed by atoms with E-state index >= 15 is 0 Å². The van der Waals surface area contributed by atoms with Crippen LogP contribution in [-0.2, 0) is 16.6 Å². The van der Waals surface area contributed by atoms with Crippen LogP contribution >= 0.6 is 11.3 Å². The summed E-state index contributed by atoms with van der Waals surface area (Å²) in [5.74, 6) is 0.376. The fourth-order valence-corrected chi connectivity index (χ4v) is 3.60. The van der Waals surface area contributed by atoms with Gasteiger partial charge in [0.25, 0.3) is 0 Å². The Labute approximate surface area is 106 Å². The molecule has 2 heterocycles. The maximum atomic E-state index is 12.1. The fraction of sp³-hybridized carbons (Fsp3) is 0.273. The first-order valence-corrected chi connectivity index (χ1v) is 7.23. The minimum Gasteiger partial charge on any atom is -0.396 e. The molecule has 0 aliphatic heterocycles. The van der Waals surface area contributed by atoms with Gasteiger partial charge in [-0.1, -0.05) is 0 Å². The molecule has 0 fully saturated rings. The number of aromatic nitrogens is 2. The average molecular weight is 267 g/mol. The predicted octanol–water partition coefficient (Wildman–Crippen LogP) is 2.04. The third-order valence-corrected chi connectivity index (χ3v) is 4.91. The van der Waals surface area contributed by atoms with Crippen molar-refractivity contribution in [2.45, 2.75) is 24.6 Å². The second kappa shape index (κ2) is 4.93. The molecule has 1 unspecified atom stereocenters. The zero-order valence-corrected chi connectivity index (χ0v) is 11.3. The summed E-state index contributed by atoms with van der Waals surface area (Å²) in [6.45, 7) is 3.96. The van der Waals surface area contributed by atoms with Gasteiger partial charge in [-0.15, -0.1) is 11.3 Å². The number of nitrogens with two attached hydrogens (primary N) is 1. The highest BCUT2D eigenvalue weighted by atomic mass is 32.2. The summed E-state index contributed by atoms with van der Waals surface area (Å²) >= 11 is 1.57. The van der Waals surface area contributed by atoms with E-state index < -0.39 is 10.8 Å². The summed E-state index contributed by atoms with van der Waals surface area (Å²) in [5, 5.41) is 1.31. The van der Waals surface area contributed by atoms with E-state index in [-0.39, 0.29) is 0 Å². The summed E-state index contributed by atoms with van der Waals surface area (Å²) in [4.78, 5) is 9.58. The molecule has 0 bridgehead atoms. The quantitative estimate of drug-likeness (QED) is 0.924. The van der Waals surface area contributed by atoms with Crippen molar-refractivity contribution in [3.05, 3.63) is 33.9 Å². The number of anilines is 1. The van der Waals surface area contributed by atoms with E-state index in [0.29, 0.717) is 16.5 Å². The number of nitrogens with zero attached hydrogens (tertiary/aromatic N) is 2. The highest BCUT2D eigenvalue weighted by molar-refractivity contribution is 7.84. The second-order valence-electron chi connectivity index (χ2n) is 3.64. The van der Waals surface area contributed by atoms with Gasteiger partial charge in [-0.05, 0) is 26.0 Å². The summed E-state index contributed by atoms with van der Waals surface area (Å²) < 4.78 is 12.1. The van der Waals surface area contributed by atoms with Gasteiger partial charge in [0.1, 0.15) is 10.0 Å². The summed E-state index contributed by atoms with van der Waals surface area (Å²) in [6.07, 6.45) is 1.60. The molecule has 2 aromatic heterocycles. The van der Waals surface area contributed by atoms with E-state index in [1.54, 1.807) is 29.7 Å². The molecule has 90 valence electrons. The van der Waals surface area contributed by atoms with E-state index in [1.807, 2.05) is 13.8 Å². The molecule has 2 N–H and O–H groups in total. The minimum absolute atomic E-state index is 0.376. The second-order valence-corrected chi connectivity index (χ2v) is 6.29. The third kappa shape index (κ3) is 2.70. The Bertz CT molecular complexity index is 546. The Morgan fingerprint density at radius 1 is 1.47 bits per heavy atom. The molecule has 0 aliphatic carbocycles. The smallest absolute Gasteiger partial charge is 0.150 e. The first-order valence-electron chi connectivity index (χ1n) is 5.09. The highest BCUT2D eigenvalue weighted by Gasteiger charge is 2.13. The summed E-state index contributed by atoms with van der Waals surface area (Å²) in [6, 6.07) is 3.44. The number of nitrogen functional groups attached to an aromatic ring is 1. The number of thiazole rings is 1. The molecule has 0 saturated heterocycles. The fourth-order valence-electron chi connectivity index (χ4n) is 1.37. The normalized spacial score (nSPS) is 12.6. The van der Waals surface area contributed by atoms with Gasteiger partial charge in [0.15, 0.2) is 0 Å². The number of pyridine rings is 1. The standard InChI is InChI=1S/C11H13N3OS2/c1-7-8(2)16-10(14-7)6-17(15)11-9(12)4-3-5-13-11/h3-5H,6,12H2,1-2H3. The molecule has 17 heavy (non-hydrogen) atoms. The van der Waals surface area contributed by atoms with Crippen molar-refractivity contribution in [3.8, 4) is 0 Å². The lowest BCUT2D eigenvalue weighted by Crippen LogP contribution is -2.03. The molecular formula is C11H13N3OS2. The predicted molar refractivity (Wildman–Crippen MR) is 70.3 cm³/mol. The molecule has 0 amide bonds. The van der Waals surface area contributed by atoms with Gasteiger partial charge in [0.05, 0.1) is 27.9 Å². The molecule has 0 radical (unpaired) electrons. The van der Waals surface area contributed by atoms with Gasteiger partial charge in [-0.3, -0.25) is 4.21 Å². The van der Waals surface area contributed by atoms with Crippen LogP contribution in [0.15, 0.2) is 23.4 Å². The number of hydrogen-bond donors (Lipinski definition) is 1. The Morgan fingerprint density at radius 3 is 2.82 bits per heavy atom. The number of aryl methyl sites for hydroxylation is 2. The maximum Gasteiger partial charge on any atom is 0.150 e. The van der Waals surface area contributed by atoms with E-state index in [9.17, 15) is 4.21 Å². The Hall–Kier alpha value is -1.27. The number of hydrogen-bond acceptors (Lipinski definition) is 5. The topological polar surface area (TPSA) is 68.9 Å². The van der Waals surface area contributed by atoms with Crippen molar-refractivity contribution >= 4 is 27.8 Å². The molecule has 4 nitrogen and oxygen atoms in total. The van der Waals surface area contributed by atoms with E-state index in [2.05, 4.69) is 9.97 Å². The SMILES string of the molecule is Cc1nc(CS(=O)c2ncccc2N)sc1C. The van der Waals surface area contributed by atoms with Crippen molar-refractivity contribution < 1.29 is 4.21 Å². The van der Waals surface area contributed by atoms with E-state index in [1.165, 1.54) is 0 Å². The van der Waals surface area contributed by atoms with Gasteiger partial charge in [0, 0.05) is 11.1 Å². The lowest BCUT2D eigenvalue weighted by Gasteiger charge is -2.02. The van der Waals surface area contributed by atoms with Crippen LogP contribution in [0, 0.1) is 13.8 Å². The lowest BCUT2D eigenvalue weighted by atomic mass is 10.4. The van der Waals surface area contributed by atoms with Crippen LogP contribution in [0.4, 0.5) is 5.69 Å². The van der Waals surface area contributed by atoms with Gasteiger partial charge in [0.2, 0.25) is 0 Å². The van der Waals surface area contributed by atoms with Crippen LogP contribution < -0.4 is 5.73 Å². The Balaban J connectivity index is 2.20. The molecule has 0 saturated carbocycles. The van der Waals surface area contributed by atoms with Crippen LogP contribution in [-0.4, -0.2) is 14.2 Å². The van der Waals surface area contributed by atoms with Crippen LogP contribution in [0.3, 0.4) is 0 Å². The Morgan fingerprint density at radius 2 is 2.24 bits per heavy atom. The zero-order chi connectivity index (χ0) is 12.4. The lowest BCUT2D eigenvalue weighted by molar-refractivity contribution is 0.680. The molecule has 0 spiro atoms. The molecule has 0 aromatic carbocycles. The number of rotatable bonds is 3. The van der Waals surface area contributed by atoms with Crippen LogP contribution in [0.5, 0.6) is 0 Å². The van der Waals surface area contributed by atoms with Crippen LogP contribution in [0.2, 0.25) is 0 Å². The maximum absolute atomic E-state index is 12.1.